The molecule has 0 aliphatic rings. The molecule has 4 aromatic carbocycles. The quantitative estimate of drug-likeness (QED) is 0.201. The third kappa shape index (κ3) is 8.27. The summed E-state index contributed by atoms with van der Waals surface area (Å²) in [6.45, 7) is 7.42. The van der Waals surface area contributed by atoms with E-state index in [9.17, 15) is 18.0 Å². The molecular weight excluding hydrogens is 594 g/mol. The molecule has 0 bridgehead atoms. The average molecular weight is 632 g/mol. The third-order valence-electron chi connectivity index (χ3n) is 7.27. The molecule has 1 atom stereocenters. The summed E-state index contributed by atoms with van der Waals surface area (Å²) in [7, 11) is -4.16. The summed E-state index contributed by atoms with van der Waals surface area (Å²) in [5.74, 6) is -0.833. The number of nitrogens with zero attached hydrogens (tertiary/aromatic N) is 2. The van der Waals surface area contributed by atoms with Crippen molar-refractivity contribution in [3.8, 4) is 0 Å². The highest BCUT2D eigenvalue weighted by Gasteiger charge is 2.34. The molecule has 0 unspecified atom stereocenters. The van der Waals surface area contributed by atoms with Crippen molar-refractivity contribution < 1.29 is 18.0 Å². The van der Waals surface area contributed by atoms with Crippen molar-refractivity contribution in [1.82, 2.24) is 10.2 Å². The lowest BCUT2D eigenvalue weighted by molar-refractivity contribution is -0.140. The van der Waals surface area contributed by atoms with E-state index in [4.69, 9.17) is 11.6 Å². The fourth-order valence-corrected chi connectivity index (χ4v) is 6.62. The highest BCUT2D eigenvalue weighted by atomic mass is 35.5. The molecule has 7 nitrogen and oxygen atoms in total. The molecule has 1 N–H and O–H groups in total. The Morgan fingerprint density at radius 3 is 2.00 bits per heavy atom. The fraction of sp³-hybridized carbons (Fsp3) is 0.257. The predicted molar refractivity (Wildman–Crippen MR) is 176 cm³/mol. The minimum atomic E-state index is -4.16. The van der Waals surface area contributed by atoms with Gasteiger partial charge in [-0.1, -0.05) is 77.8 Å². The van der Waals surface area contributed by atoms with Crippen LogP contribution in [0.1, 0.15) is 34.7 Å². The first kappa shape index (κ1) is 32.8. The Morgan fingerprint density at radius 1 is 0.795 bits per heavy atom. The van der Waals surface area contributed by atoms with Gasteiger partial charge in [0.05, 0.1) is 10.6 Å². The summed E-state index contributed by atoms with van der Waals surface area (Å²) in [4.78, 5) is 29.6. The molecule has 2 amide bonds. The Labute approximate surface area is 265 Å². The summed E-state index contributed by atoms with van der Waals surface area (Å²) in [6, 6.07) is 27.6. The molecule has 4 rings (SSSR count). The minimum absolute atomic E-state index is 0.0730. The van der Waals surface area contributed by atoms with Crippen molar-refractivity contribution in [3.05, 3.63) is 130 Å². The number of benzene rings is 4. The van der Waals surface area contributed by atoms with Crippen LogP contribution < -0.4 is 9.62 Å². The largest absolute Gasteiger partial charge is 0.355 e. The summed E-state index contributed by atoms with van der Waals surface area (Å²) >= 11 is 6.13. The number of rotatable bonds is 12. The first-order chi connectivity index (χ1) is 21.0. The Kier molecular flexibility index (Phi) is 10.8. The van der Waals surface area contributed by atoms with E-state index in [1.165, 1.54) is 4.90 Å². The van der Waals surface area contributed by atoms with Gasteiger partial charge in [-0.3, -0.25) is 13.9 Å². The van der Waals surface area contributed by atoms with Gasteiger partial charge in [-0.2, -0.15) is 0 Å². The number of anilines is 1. The number of hydrogen-bond acceptors (Lipinski definition) is 4. The molecule has 230 valence electrons. The molecule has 0 aliphatic carbocycles. The topological polar surface area (TPSA) is 86.8 Å². The van der Waals surface area contributed by atoms with Crippen LogP contribution in [0.25, 0.3) is 0 Å². The molecule has 0 saturated heterocycles. The Morgan fingerprint density at radius 2 is 1.41 bits per heavy atom. The van der Waals surface area contributed by atoms with Crippen LogP contribution in [-0.4, -0.2) is 44.3 Å². The number of aryl methyl sites for hydroxylation is 3. The standard InChI is InChI=1S/C35H38ClN3O4S/c1-5-37-35(41)33(22-28-9-7-6-8-10-28)38(23-29-13-15-30(36)16-14-29)34(40)24-39(31-20-26(3)19-27(4)21-31)44(42,43)32-17-11-25(2)12-18-32/h6-21,33H,5,22-24H2,1-4H3,(H,37,41)/t33-/m1/s1. The second-order valence-electron chi connectivity index (χ2n) is 10.9. The lowest BCUT2D eigenvalue weighted by Gasteiger charge is -2.34. The van der Waals surface area contributed by atoms with E-state index < -0.39 is 28.5 Å². The molecule has 0 aromatic heterocycles. The van der Waals surface area contributed by atoms with Gasteiger partial charge in [0.2, 0.25) is 11.8 Å². The van der Waals surface area contributed by atoms with Gasteiger partial charge in [0, 0.05) is 24.5 Å². The van der Waals surface area contributed by atoms with Crippen LogP contribution in [-0.2, 0) is 32.6 Å². The van der Waals surface area contributed by atoms with E-state index >= 15 is 0 Å². The van der Waals surface area contributed by atoms with Crippen molar-refractivity contribution in [3.63, 3.8) is 0 Å². The number of amides is 2. The van der Waals surface area contributed by atoms with E-state index in [-0.39, 0.29) is 23.8 Å². The SMILES string of the molecule is CCNC(=O)[C@@H](Cc1ccccc1)N(Cc1ccc(Cl)cc1)C(=O)CN(c1cc(C)cc(C)c1)S(=O)(=O)c1ccc(C)cc1. The molecule has 44 heavy (non-hydrogen) atoms. The Hall–Kier alpha value is -4.14. The second kappa shape index (κ2) is 14.6. The minimum Gasteiger partial charge on any atom is -0.355 e. The first-order valence-corrected chi connectivity index (χ1v) is 16.3. The van der Waals surface area contributed by atoms with Gasteiger partial charge in [-0.25, -0.2) is 8.42 Å². The zero-order valence-corrected chi connectivity index (χ0v) is 27.0. The van der Waals surface area contributed by atoms with Crippen molar-refractivity contribution in [2.24, 2.45) is 0 Å². The van der Waals surface area contributed by atoms with Crippen LogP contribution in [0.15, 0.2) is 102 Å². The average Bonchev–Trinajstić information content (AvgIpc) is 2.98. The van der Waals surface area contributed by atoms with E-state index in [0.29, 0.717) is 17.3 Å². The van der Waals surface area contributed by atoms with Gasteiger partial charge < -0.3 is 10.2 Å². The van der Waals surface area contributed by atoms with Crippen molar-refractivity contribution in [2.45, 2.75) is 51.6 Å². The number of sulfonamides is 1. The first-order valence-electron chi connectivity index (χ1n) is 14.5. The molecule has 0 radical (unpaired) electrons. The van der Waals surface area contributed by atoms with Crippen LogP contribution in [0.2, 0.25) is 5.02 Å². The van der Waals surface area contributed by atoms with Crippen LogP contribution in [0.4, 0.5) is 5.69 Å². The summed E-state index contributed by atoms with van der Waals surface area (Å²) in [6.07, 6.45) is 0.250. The molecular formula is C35H38ClN3O4S. The van der Waals surface area contributed by atoms with E-state index in [1.807, 2.05) is 64.1 Å². The van der Waals surface area contributed by atoms with E-state index in [2.05, 4.69) is 5.32 Å². The summed E-state index contributed by atoms with van der Waals surface area (Å²) in [5.41, 5.74) is 4.64. The van der Waals surface area contributed by atoms with Gasteiger partial charge >= 0.3 is 0 Å². The van der Waals surface area contributed by atoms with Crippen LogP contribution in [0.3, 0.4) is 0 Å². The van der Waals surface area contributed by atoms with Crippen LogP contribution in [0, 0.1) is 20.8 Å². The number of carbonyl (C=O) groups is 2. The molecule has 0 heterocycles. The molecule has 0 aliphatic heterocycles. The normalized spacial score (nSPS) is 11.9. The lowest BCUT2D eigenvalue weighted by Crippen LogP contribution is -2.53. The van der Waals surface area contributed by atoms with Crippen molar-refractivity contribution >= 4 is 39.1 Å². The molecule has 9 heteroatoms. The lowest BCUT2D eigenvalue weighted by atomic mass is 10.0. The van der Waals surface area contributed by atoms with Crippen LogP contribution >= 0.6 is 11.6 Å². The maximum absolute atomic E-state index is 14.5. The van der Waals surface area contributed by atoms with Gasteiger partial charge in [0.25, 0.3) is 10.0 Å². The number of carbonyl (C=O) groups excluding carboxylic acids is 2. The maximum Gasteiger partial charge on any atom is 0.264 e. The zero-order valence-electron chi connectivity index (χ0n) is 25.5. The van der Waals surface area contributed by atoms with Crippen LogP contribution in [0.5, 0.6) is 0 Å². The zero-order chi connectivity index (χ0) is 31.9. The van der Waals surface area contributed by atoms with Gasteiger partial charge in [-0.05, 0) is 86.3 Å². The Balaban J connectivity index is 1.81. The number of nitrogens with one attached hydrogen (secondary N) is 1. The molecule has 0 spiro atoms. The molecule has 4 aromatic rings. The summed E-state index contributed by atoms with van der Waals surface area (Å²) in [5, 5.41) is 3.41. The van der Waals surface area contributed by atoms with E-state index in [1.54, 1.807) is 60.7 Å². The van der Waals surface area contributed by atoms with Crippen molar-refractivity contribution in [2.75, 3.05) is 17.4 Å². The van der Waals surface area contributed by atoms with Gasteiger partial charge in [0.15, 0.2) is 0 Å². The predicted octanol–water partition coefficient (Wildman–Crippen LogP) is 6.24. The Bertz CT molecular complexity index is 1670. The smallest absolute Gasteiger partial charge is 0.264 e. The monoisotopic (exact) mass is 631 g/mol. The second-order valence-corrected chi connectivity index (χ2v) is 13.2. The maximum atomic E-state index is 14.5. The fourth-order valence-electron chi connectivity index (χ4n) is 5.09. The van der Waals surface area contributed by atoms with Gasteiger partial charge in [-0.15, -0.1) is 0 Å². The highest BCUT2D eigenvalue weighted by Crippen LogP contribution is 2.27. The highest BCUT2D eigenvalue weighted by molar-refractivity contribution is 7.92. The van der Waals surface area contributed by atoms with E-state index in [0.717, 1.165) is 32.1 Å². The molecule has 0 saturated carbocycles. The molecule has 0 fully saturated rings. The number of hydrogen-bond donors (Lipinski definition) is 1. The third-order valence-corrected chi connectivity index (χ3v) is 9.31. The van der Waals surface area contributed by atoms with Crippen molar-refractivity contribution in [1.29, 1.82) is 0 Å². The number of likely N-dealkylation sites (N-methyl/N-ethyl adjacent to an activating group) is 1. The summed E-state index contributed by atoms with van der Waals surface area (Å²) < 4.78 is 29.5. The number of halogens is 1. The van der Waals surface area contributed by atoms with Gasteiger partial charge in [0.1, 0.15) is 12.6 Å².